The van der Waals surface area contributed by atoms with Crippen molar-refractivity contribution in [3.05, 3.63) is 66.2 Å². The van der Waals surface area contributed by atoms with Crippen LogP contribution in [0.4, 0.5) is 0 Å². The highest BCUT2D eigenvalue weighted by Gasteiger charge is 2.19. The van der Waals surface area contributed by atoms with Crippen molar-refractivity contribution in [1.82, 2.24) is 4.72 Å². The van der Waals surface area contributed by atoms with Crippen molar-refractivity contribution in [2.24, 2.45) is 0 Å². The fourth-order valence-electron chi connectivity index (χ4n) is 2.50. The van der Waals surface area contributed by atoms with Crippen molar-refractivity contribution in [3.8, 4) is 5.75 Å². The fraction of sp³-hybridized carbons (Fsp3) is 0.316. The Kier molecular flexibility index (Phi) is 7.62. The number of carbonyl (C=O) groups is 1. The zero-order chi connectivity index (χ0) is 18.8. The molecule has 0 bridgehead atoms. The molecule has 0 radical (unpaired) electrons. The van der Waals surface area contributed by atoms with E-state index in [1.54, 1.807) is 12.1 Å². The van der Waals surface area contributed by atoms with E-state index in [1.807, 2.05) is 48.5 Å². The number of sulfonamides is 1. The van der Waals surface area contributed by atoms with Crippen molar-refractivity contribution in [2.45, 2.75) is 25.3 Å². The van der Waals surface area contributed by atoms with Gasteiger partial charge in [-0.05, 0) is 30.5 Å². The van der Waals surface area contributed by atoms with Crippen LogP contribution in [0.5, 0.6) is 5.75 Å². The lowest BCUT2D eigenvalue weighted by atomic mass is 10.0. The second-order valence-electron chi connectivity index (χ2n) is 5.92. The Bertz CT molecular complexity index is 778. The Balaban J connectivity index is 1.92. The molecule has 0 aliphatic rings. The van der Waals surface area contributed by atoms with E-state index in [9.17, 15) is 13.2 Å². The van der Waals surface area contributed by atoms with Crippen LogP contribution in [0, 0.1) is 0 Å². The Labute approximate surface area is 153 Å². The summed E-state index contributed by atoms with van der Waals surface area (Å²) in [6.45, 7) is 0.0241. The molecule has 0 aromatic heterocycles. The third kappa shape index (κ3) is 7.67. The maximum Gasteiger partial charge on any atom is 0.303 e. The molecule has 0 saturated heterocycles. The van der Waals surface area contributed by atoms with E-state index in [-0.39, 0.29) is 25.2 Å². The summed E-state index contributed by atoms with van der Waals surface area (Å²) in [5.74, 6) is -0.538. The van der Waals surface area contributed by atoms with E-state index in [4.69, 9.17) is 9.84 Å². The minimum Gasteiger partial charge on any atom is -0.492 e. The molecular formula is C19H23NO5S. The highest BCUT2D eigenvalue weighted by atomic mass is 32.2. The molecule has 2 aromatic rings. The Morgan fingerprint density at radius 1 is 1.04 bits per heavy atom. The molecule has 0 aliphatic carbocycles. The monoisotopic (exact) mass is 377 g/mol. The van der Waals surface area contributed by atoms with E-state index in [1.165, 1.54) is 0 Å². The fourth-order valence-corrected chi connectivity index (χ4v) is 3.63. The molecule has 7 heteroatoms. The molecular weight excluding hydrogens is 354 g/mol. The first-order valence-corrected chi connectivity index (χ1v) is 10.0. The highest BCUT2D eigenvalue weighted by Crippen LogP contribution is 2.11. The van der Waals surface area contributed by atoms with E-state index in [0.29, 0.717) is 12.2 Å². The van der Waals surface area contributed by atoms with Crippen molar-refractivity contribution < 1.29 is 23.1 Å². The number of rotatable bonds is 11. The van der Waals surface area contributed by atoms with Crippen molar-refractivity contribution in [1.29, 1.82) is 0 Å². The first kappa shape index (κ1) is 19.9. The molecule has 6 nitrogen and oxygen atoms in total. The average Bonchev–Trinajstić information content (AvgIpc) is 2.61. The van der Waals surface area contributed by atoms with Gasteiger partial charge in [0, 0.05) is 12.5 Å². The van der Waals surface area contributed by atoms with Gasteiger partial charge in [0.2, 0.25) is 10.0 Å². The average molecular weight is 377 g/mol. The van der Waals surface area contributed by atoms with Crippen LogP contribution < -0.4 is 9.46 Å². The van der Waals surface area contributed by atoms with Gasteiger partial charge in [-0.15, -0.1) is 0 Å². The second-order valence-corrected chi connectivity index (χ2v) is 7.79. The predicted octanol–water partition coefficient (Wildman–Crippen LogP) is 2.46. The molecule has 1 unspecified atom stereocenters. The summed E-state index contributed by atoms with van der Waals surface area (Å²) in [6, 6.07) is 17.9. The zero-order valence-corrected chi connectivity index (χ0v) is 15.2. The number of carboxylic acids is 1. The third-order valence-electron chi connectivity index (χ3n) is 3.74. The van der Waals surface area contributed by atoms with Crippen LogP contribution in [0.15, 0.2) is 60.7 Å². The Morgan fingerprint density at radius 2 is 1.65 bits per heavy atom. The lowest BCUT2D eigenvalue weighted by Crippen LogP contribution is -2.39. The summed E-state index contributed by atoms with van der Waals surface area (Å²) < 4.78 is 32.7. The first-order chi connectivity index (χ1) is 12.4. The molecule has 1 atom stereocenters. The zero-order valence-electron chi connectivity index (χ0n) is 14.4. The van der Waals surface area contributed by atoms with Crippen LogP contribution in [-0.2, 0) is 21.2 Å². The number of carboxylic acid groups (broad SMARTS) is 1. The third-order valence-corrected chi connectivity index (χ3v) is 5.14. The van der Waals surface area contributed by atoms with Crippen LogP contribution in [0.3, 0.4) is 0 Å². The minimum absolute atomic E-state index is 0.0241. The van der Waals surface area contributed by atoms with E-state index in [0.717, 1.165) is 5.56 Å². The normalized spacial score (nSPS) is 12.5. The smallest absolute Gasteiger partial charge is 0.303 e. The lowest BCUT2D eigenvalue weighted by Gasteiger charge is -2.18. The first-order valence-electron chi connectivity index (χ1n) is 8.38. The molecule has 0 amide bonds. The van der Waals surface area contributed by atoms with Gasteiger partial charge >= 0.3 is 5.97 Å². The van der Waals surface area contributed by atoms with Gasteiger partial charge in [0.1, 0.15) is 12.4 Å². The number of nitrogens with one attached hydrogen (secondary N) is 1. The molecule has 0 heterocycles. The number of hydrogen-bond acceptors (Lipinski definition) is 4. The molecule has 2 N–H and O–H groups in total. The molecule has 2 rings (SSSR count). The summed E-state index contributed by atoms with van der Waals surface area (Å²) >= 11 is 0. The summed E-state index contributed by atoms with van der Waals surface area (Å²) in [6.07, 6.45) is 0.566. The maximum atomic E-state index is 12.3. The van der Waals surface area contributed by atoms with Gasteiger partial charge < -0.3 is 9.84 Å². The predicted molar refractivity (Wildman–Crippen MR) is 99.7 cm³/mol. The summed E-state index contributed by atoms with van der Waals surface area (Å²) in [5.41, 5.74) is 0.950. The van der Waals surface area contributed by atoms with Crippen LogP contribution in [0.1, 0.15) is 18.4 Å². The van der Waals surface area contributed by atoms with Gasteiger partial charge in [-0.3, -0.25) is 4.79 Å². The summed E-state index contributed by atoms with van der Waals surface area (Å²) in [7, 11) is -3.59. The van der Waals surface area contributed by atoms with Crippen LogP contribution in [0.25, 0.3) is 0 Å². The van der Waals surface area contributed by atoms with Crippen LogP contribution in [0.2, 0.25) is 0 Å². The Morgan fingerprint density at radius 3 is 2.27 bits per heavy atom. The molecule has 0 fully saturated rings. The topological polar surface area (TPSA) is 92.7 Å². The van der Waals surface area contributed by atoms with Gasteiger partial charge in [0.15, 0.2) is 0 Å². The van der Waals surface area contributed by atoms with Gasteiger partial charge in [0.05, 0.1) is 5.75 Å². The number of para-hydroxylation sites is 1. The van der Waals surface area contributed by atoms with E-state index in [2.05, 4.69) is 4.72 Å². The SMILES string of the molecule is O=C(O)CCC(Cc1ccccc1)NS(=O)(=O)CCOc1ccccc1. The van der Waals surface area contributed by atoms with Gasteiger partial charge in [-0.1, -0.05) is 48.5 Å². The standard InChI is InChI=1S/C19H23NO5S/c21-19(22)12-11-17(15-16-7-3-1-4-8-16)20-26(23,24)14-13-25-18-9-5-2-6-10-18/h1-10,17,20H,11-15H2,(H,21,22). The summed E-state index contributed by atoms with van der Waals surface area (Å²) in [4.78, 5) is 10.9. The molecule has 2 aromatic carbocycles. The van der Waals surface area contributed by atoms with Gasteiger partial charge in [-0.25, -0.2) is 13.1 Å². The van der Waals surface area contributed by atoms with Crippen LogP contribution >= 0.6 is 0 Å². The van der Waals surface area contributed by atoms with Gasteiger partial charge in [0.25, 0.3) is 0 Å². The largest absolute Gasteiger partial charge is 0.492 e. The second kappa shape index (κ2) is 9.94. The summed E-state index contributed by atoms with van der Waals surface area (Å²) in [5, 5.41) is 8.90. The molecule has 0 saturated carbocycles. The van der Waals surface area contributed by atoms with E-state index < -0.39 is 22.0 Å². The van der Waals surface area contributed by atoms with Crippen LogP contribution in [-0.4, -0.2) is 37.9 Å². The number of benzene rings is 2. The molecule has 26 heavy (non-hydrogen) atoms. The molecule has 0 spiro atoms. The van der Waals surface area contributed by atoms with Gasteiger partial charge in [-0.2, -0.15) is 0 Å². The van der Waals surface area contributed by atoms with E-state index >= 15 is 0 Å². The number of aliphatic carboxylic acids is 1. The van der Waals surface area contributed by atoms with Crippen molar-refractivity contribution in [3.63, 3.8) is 0 Å². The minimum atomic E-state index is -3.59. The quantitative estimate of drug-likeness (QED) is 0.627. The number of hydrogen-bond donors (Lipinski definition) is 2. The highest BCUT2D eigenvalue weighted by molar-refractivity contribution is 7.89. The lowest BCUT2D eigenvalue weighted by molar-refractivity contribution is -0.137. The van der Waals surface area contributed by atoms with Crippen molar-refractivity contribution in [2.75, 3.05) is 12.4 Å². The Hall–Kier alpha value is -2.38. The number of ether oxygens (including phenoxy) is 1. The van der Waals surface area contributed by atoms with Crippen molar-refractivity contribution >= 4 is 16.0 Å². The maximum absolute atomic E-state index is 12.3. The molecule has 140 valence electrons. The molecule has 0 aliphatic heterocycles.